The van der Waals surface area contributed by atoms with E-state index >= 15 is 0 Å². The van der Waals surface area contributed by atoms with E-state index in [0.717, 1.165) is 36.1 Å². The smallest absolute Gasteiger partial charge is 0.341 e. The maximum atomic E-state index is 12.7. The first-order valence-corrected chi connectivity index (χ1v) is 12.3. The summed E-state index contributed by atoms with van der Waals surface area (Å²) in [5.41, 5.74) is 1.40. The number of thiophene rings is 1. The minimum atomic E-state index is -1.90. The first kappa shape index (κ1) is 25.2. The van der Waals surface area contributed by atoms with Gasteiger partial charge in [-0.1, -0.05) is 46.4 Å². The van der Waals surface area contributed by atoms with Crippen molar-refractivity contribution in [1.29, 1.82) is 0 Å². The number of amides is 1. The van der Waals surface area contributed by atoms with Crippen molar-refractivity contribution < 1.29 is 19.1 Å². The van der Waals surface area contributed by atoms with Gasteiger partial charge < -0.3 is 20.1 Å². The van der Waals surface area contributed by atoms with Gasteiger partial charge in [0.1, 0.15) is 16.9 Å². The van der Waals surface area contributed by atoms with Gasteiger partial charge in [0.05, 0.1) is 12.2 Å². The summed E-state index contributed by atoms with van der Waals surface area (Å²) in [6.45, 7) is 1.69. The van der Waals surface area contributed by atoms with Gasteiger partial charge in [0.25, 0.3) is 5.91 Å². The molecular weight excluding hydrogens is 518 g/mol. The molecule has 1 amide bonds. The first-order chi connectivity index (χ1) is 15.2. The second kappa shape index (κ2) is 11.2. The molecule has 32 heavy (non-hydrogen) atoms. The van der Waals surface area contributed by atoms with Crippen molar-refractivity contribution in [3.8, 4) is 5.75 Å². The Hall–Kier alpha value is -1.38. The molecule has 0 unspecified atom stereocenters. The summed E-state index contributed by atoms with van der Waals surface area (Å²) in [5.74, 6) is -0.476. The van der Waals surface area contributed by atoms with Crippen LogP contribution >= 0.6 is 57.7 Å². The molecule has 0 spiro atoms. The van der Waals surface area contributed by atoms with Crippen LogP contribution in [0.4, 0.5) is 5.00 Å². The normalized spacial score (nSPS) is 14.3. The molecular formula is C21H22Cl4N2O4S. The molecule has 11 heteroatoms. The molecule has 3 rings (SSSR count). The number of anilines is 1. The van der Waals surface area contributed by atoms with E-state index in [2.05, 4.69) is 10.6 Å². The number of alkyl halides is 3. The minimum absolute atomic E-state index is 0.246. The molecule has 1 aliphatic carbocycles. The van der Waals surface area contributed by atoms with E-state index in [1.165, 1.54) is 11.3 Å². The number of benzene rings is 1. The lowest BCUT2D eigenvalue weighted by Crippen LogP contribution is -2.50. The first-order valence-electron chi connectivity index (χ1n) is 10.0. The molecule has 0 aliphatic heterocycles. The molecule has 2 N–H and O–H groups in total. The zero-order chi connectivity index (χ0) is 23.3. The summed E-state index contributed by atoms with van der Waals surface area (Å²) >= 11 is 25.7. The number of fused-ring (bicyclic) bond motifs is 1. The number of ether oxygens (including phenoxy) is 2. The fourth-order valence-electron chi connectivity index (χ4n) is 3.30. The number of hydrogen-bond acceptors (Lipinski definition) is 6. The largest absolute Gasteiger partial charge is 0.484 e. The van der Waals surface area contributed by atoms with E-state index in [0.29, 0.717) is 21.3 Å². The van der Waals surface area contributed by atoms with E-state index in [1.807, 2.05) is 0 Å². The number of hydrogen-bond donors (Lipinski definition) is 2. The van der Waals surface area contributed by atoms with Crippen molar-refractivity contribution in [2.24, 2.45) is 0 Å². The highest BCUT2D eigenvalue weighted by Gasteiger charge is 2.36. The SMILES string of the molecule is CCOC(=O)c1c(N[C@@H](NC(=O)COc2ccc(Cl)cc2)C(Cl)(Cl)Cl)sc2c1CCCC2. The van der Waals surface area contributed by atoms with Crippen LogP contribution in [0, 0.1) is 0 Å². The molecule has 0 radical (unpaired) electrons. The van der Waals surface area contributed by atoms with Crippen molar-refractivity contribution in [1.82, 2.24) is 5.32 Å². The van der Waals surface area contributed by atoms with Gasteiger partial charge >= 0.3 is 5.97 Å². The third-order valence-electron chi connectivity index (χ3n) is 4.74. The van der Waals surface area contributed by atoms with Crippen molar-refractivity contribution in [3.05, 3.63) is 45.3 Å². The van der Waals surface area contributed by atoms with Gasteiger partial charge in [0.2, 0.25) is 3.79 Å². The topological polar surface area (TPSA) is 76.7 Å². The Bertz CT molecular complexity index is 960. The number of carbonyl (C=O) groups is 2. The van der Waals surface area contributed by atoms with Crippen LogP contribution in [0.3, 0.4) is 0 Å². The third-order valence-corrected chi connectivity index (χ3v) is 6.87. The molecule has 0 fully saturated rings. The number of esters is 1. The molecule has 1 atom stereocenters. The molecule has 2 aromatic rings. The molecule has 1 aromatic carbocycles. The number of rotatable bonds is 8. The molecule has 1 heterocycles. The standard InChI is InChI=1S/C21H22Cl4N2O4S/c1-2-30-19(29)17-14-5-3-4-6-15(14)32-18(17)27-20(21(23,24)25)26-16(28)11-31-13-9-7-12(22)8-10-13/h7-10,20,27H,2-6,11H2,1H3,(H,26,28)/t20-/m1/s1. The molecule has 6 nitrogen and oxygen atoms in total. The molecule has 0 bridgehead atoms. The van der Waals surface area contributed by atoms with Gasteiger partial charge in [-0.15, -0.1) is 11.3 Å². The Labute approximate surface area is 210 Å². The van der Waals surface area contributed by atoms with Crippen LogP contribution in [0.5, 0.6) is 5.75 Å². The Kier molecular flexibility index (Phi) is 8.81. The Morgan fingerprint density at radius 3 is 2.50 bits per heavy atom. The van der Waals surface area contributed by atoms with Crippen molar-refractivity contribution in [3.63, 3.8) is 0 Å². The van der Waals surface area contributed by atoms with Crippen molar-refractivity contribution in [2.45, 2.75) is 42.6 Å². The van der Waals surface area contributed by atoms with E-state index in [1.54, 1.807) is 31.2 Å². The summed E-state index contributed by atoms with van der Waals surface area (Å²) in [6.07, 6.45) is 2.57. The maximum Gasteiger partial charge on any atom is 0.341 e. The Morgan fingerprint density at radius 1 is 1.16 bits per heavy atom. The quantitative estimate of drug-likeness (QED) is 0.253. The highest BCUT2D eigenvalue weighted by atomic mass is 35.6. The van der Waals surface area contributed by atoms with Gasteiger partial charge in [-0.2, -0.15) is 0 Å². The van der Waals surface area contributed by atoms with Gasteiger partial charge in [-0.3, -0.25) is 4.79 Å². The van der Waals surface area contributed by atoms with Crippen LogP contribution in [0.15, 0.2) is 24.3 Å². The zero-order valence-electron chi connectivity index (χ0n) is 17.2. The van der Waals surface area contributed by atoms with E-state index in [9.17, 15) is 9.59 Å². The lowest BCUT2D eigenvalue weighted by atomic mass is 9.95. The predicted molar refractivity (Wildman–Crippen MR) is 130 cm³/mol. The zero-order valence-corrected chi connectivity index (χ0v) is 21.0. The second-order valence-electron chi connectivity index (χ2n) is 7.06. The van der Waals surface area contributed by atoms with Crippen LogP contribution in [0.25, 0.3) is 0 Å². The van der Waals surface area contributed by atoms with E-state index < -0.39 is 21.8 Å². The maximum absolute atomic E-state index is 12.7. The average molecular weight is 540 g/mol. The molecule has 1 aliphatic rings. The summed E-state index contributed by atoms with van der Waals surface area (Å²) in [5, 5.41) is 6.72. The number of carbonyl (C=O) groups excluding carboxylic acids is 2. The molecule has 0 saturated carbocycles. The van der Waals surface area contributed by atoms with Crippen molar-refractivity contribution >= 4 is 74.6 Å². The highest BCUT2D eigenvalue weighted by Crippen LogP contribution is 2.40. The molecule has 1 aromatic heterocycles. The number of aryl methyl sites for hydroxylation is 1. The Morgan fingerprint density at radius 2 is 1.84 bits per heavy atom. The predicted octanol–water partition coefficient (Wildman–Crippen LogP) is 5.76. The Balaban J connectivity index is 1.75. The lowest BCUT2D eigenvalue weighted by Gasteiger charge is -2.27. The molecule has 174 valence electrons. The minimum Gasteiger partial charge on any atom is -0.484 e. The molecule has 0 saturated heterocycles. The fourth-order valence-corrected chi connectivity index (χ4v) is 5.06. The van der Waals surface area contributed by atoms with Crippen LogP contribution in [-0.4, -0.2) is 35.0 Å². The summed E-state index contributed by atoms with van der Waals surface area (Å²) in [4.78, 5) is 26.2. The number of nitrogens with one attached hydrogen (secondary N) is 2. The van der Waals surface area contributed by atoms with E-state index in [4.69, 9.17) is 55.9 Å². The average Bonchev–Trinajstić information content (AvgIpc) is 3.10. The highest BCUT2D eigenvalue weighted by molar-refractivity contribution is 7.16. The lowest BCUT2D eigenvalue weighted by molar-refractivity contribution is -0.123. The monoisotopic (exact) mass is 538 g/mol. The fraction of sp³-hybridized carbons (Fsp3) is 0.429. The summed E-state index contributed by atoms with van der Waals surface area (Å²) < 4.78 is 8.80. The number of halogens is 4. The van der Waals surface area contributed by atoms with Crippen LogP contribution in [0.2, 0.25) is 5.02 Å². The van der Waals surface area contributed by atoms with Gasteiger partial charge in [-0.25, -0.2) is 4.79 Å². The van der Waals surface area contributed by atoms with Gasteiger partial charge in [-0.05, 0) is 62.4 Å². The van der Waals surface area contributed by atoms with E-state index in [-0.39, 0.29) is 13.2 Å². The van der Waals surface area contributed by atoms with Crippen LogP contribution in [-0.2, 0) is 22.4 Å². The summed E-state index contributed by atoms with van der Waals surface area (Å²) in [7, 11) is 0. The van der Waals surface area contributed by atoms with Gasteiger partial charge in [0, 0.05) is 9.90 Å². The summed E-state index contributed by atoms with van der Waals surface area (Å²) in [6, 6.07) is 6.58. The van der Waals surface area contributed by atoms with Crippen LogP contribution < -0.4 is 15.4 Å². The van der Waals surface area contributed by atoms with Crippen molar-refractivity contribution in [2.75, 3.05) is 18.5 Å². The second-order valence-corrected chi connectivity index (χ2v) is 11.0. The van der Waals surface area contributed by atoms with Crippen LogP contribution in [0.1, 0.15) is 40.6 Å². The third kappa shape index (κ3) is 6.58. The van der Waals surface area contributed by atoms with Gasteiger partial charge in [0.15, 0.2) is 6.61 Å².